The fraction of sp³-hybridized carbons (Fsp3) is 0.533. The number of ether oxygens (including phenoxy) is 2. The van der Waals surface area contributed by atoms with Crippen molar-refractivity contribution in [2.24, 2.45) is 0 Å². The highest BCUT2D eigenvalue weighted by molar-refractivity contribution is 5.87. The van der Waals surface area contributed by atoms with Crippen LogP contribution < -0.4 is 5.32 Å². The molecule has 0 saturated carbocycles. The summed E-state index contributed by atoms with van der Waals surface area (Å²) in [5.41, 5.74) is 2.09. The van der Waals surface area contributed by atoms with Crippen molar-refractivity contribution in [1.29, 1.82) is 0 Å². The second-order valence-electron chi connectivity index (χ2n) is 5.98. The van der Waals surface area contributed by atoms with Gasteiger partial charge >= 0.3 is 5.97 Å². The average molecular weight is 279 g/mol. The number of carboxylic acids is 1. The van der Waals surface area contributed by atoms with Gasteiger partial charge in [-0.05, 0) is 51.0 Å². The van der Waals surface area contributed by atoms with E-state index in [1.54, 1.807) is 12.1 Å². The highest BCUT2D eigenvalue weighted by atomic mass is 16.8. The van der Waals surface area contributed by atoms with Gasteiger partial charge in [-0.2, -0.15) is 0 Å². The summed E-state index contributed by atoms with van der Waals surface area (Å²) in [5.74, 6) is -0.906. The fourth-order valence-electron chi connectivity index (χ4n) is 1.92. The van der Waals surface area contributed by atoms with E-state index in [1.807, 2.05) is 33.8 Å². The molecule has 1 heterocycles. The Balaban J connectivity index is 1.85. The molecule has 2 unspecified atom stereocenters. The Kier molecular flexibility index (Phi) is 4.13. The van der Waals surface area contributed by atoms with Gasteiger partial charge in [0.25, 0.3) is 0 Å². The number of hydrogen-bond acceptors (Lipinski definition) is 4. The first-order valence-corrected chi connectivity index (χ1v) is 6.66. The number of carboxylic acid groups (broad SMARTS) is 1. The number of epoxide rings is 1. The molecule has 110 valence electrons. The topological polar surface area (TPSA) is 71.1 Å². The van der Waals surface area contributed by atoms with Crippen molar-refractivity contribution in [2.75, 3.05) is 0 Å². The third-order valence-electron chi connectivity index (χ3n) is 3.00. The molecule has 1 aliphatic rings. The first-order valence-electron chi connectivity index (χ1n) is 6.66. The van der Waals surface area contributed by atoms with Gasteiger partial charge in [0.1, 0.15) is 0 Å². The number of aryl methyl sites for hydroxylation is 1. The highest BCUT2D eigenvalue weighted by Crippen LogP contribution is 2.26. The molecular formula is C15H21NO4. The van der Waals surface area contributed by atoms with Crippen LogP contribution >= 0.6 is 0 Å². The maximum atomic E-state index is 10.9. The zero-order valence-electron chi connectivity index (χ0n) is 12.3. The normalized spacial score (nSPS) is 21.8. The van der Waals surface area contributed by atoms with Crippen LogP contribution in [0.3, 0.4) is 0 Å². The summed E-state index contributed by atoms with van der Waals surface area (Å²) >= 11 is 0. The van der Waals surface area contributed by atoms with Crippen molar-refractivity contribution in [1.82, 2.24) is 5.32 Å². The summed E-state index contributed by atoms with van der Waals surface area (Å²) < 4.78 is 11.1. The summed E-state index contributed by atoms with van der Waals surface area (Å²) in [6, 6.07) is 5.12. The molecular weight excluding hydrogens is 258 g/mol. The molecule has 2 N–H and O–H groups in total. The first-order chi connectivity index (χ1) is 9.26. The molecule has 0 amide bonds. The van der Waals surface area contributed by atoms with Crippen LogP contribution in [0.1, 0.15) is 42.3 Å². The maximum Gasteiger partial charge on any atom is 0.335 e. The van der Waals surface area contributed by atoms with Crippen molar-refractivity contribution >= 4 is 5.97 Å². The largest absolute Gasteiger partial charge is 0.478 e. The molecule has 0 aromatic heterocycles. The van der Waals surface area contributed by atoms with Crippen LogP contribution in [0, 0.1) is 6.92 Å². The summed E-state index contributed by atoms with van der Waals surface area (Å²) in [6.07, 6.45) is -0.290. The van der Waals surface area contributed by atoms with Gasteiger partial charge in [-0.1, -0.05) is 6.07 Å². The molecule has 1 saturated heterocycles. The van der Waals surface area contributed by atoms with Crippen molar-refractivity contribution < 1.29 is 19.4 Å². The van der Waals surface area contributed by atoms with Crippen molar-refractivity contribution in [3.8, 4) is 0 Å². The van der Waals surface area contributed by atoms with Crippen LogP contribution in [-0.2, 0) is 16.0 Å². The van der Waals surface area contributed by atoms with E-state index in [0.717, 1.165) is 11.1 Å². The van der Waals surface area contributed by atoms with Gasteiger partial charge in [0.2, 0.25) is 0 Å². The Labute approximate surface area is 118 Å². The minimum absolute atomic E-state index is 0.0900. The molecule has 20 heavy (non-hydrogen) atoms. The highest BCUT2D eigenvalue weighted by Gasteiger charge is 2.42. The minimum atomic E-state index is -0.906. The lowest BCUT2D eigenvalue weighted by Crippen LogP contribution is -2.26. The minimum Gasteiger partial charge on any atom is -0.478 e. The van der Waals surface area contributed by atoms with Crippen LogP contribution in [0.25, 0.3) is 0 Å². The summed E-state index contributed by atoms with van der Waals surface area (Å²) in [4.78, 5) is 10.9. The van der Waals surface area contributed by atoms with E-state index < -0.39 is 5.97 Å². The Morgan fingerprint density at radius 1 is 1.45 bits per heavy atom. The third kappa shape index (κ3) is 4.03. The van der Waals surface area contributed by atoms with Gasteiger partial charge in [0.15, 0.2) is 12.5 Å². The third-order valence-corrected chi connectivity index (χ3v) is 3.00. The average Bonchev–Trinajstić information content (AvgIpc) is 3.03. The van der Waals surface area contributed by atoms with Crippen LogP contribution in [0.4, 0.5) is 0 Å². The van der Waals surface area contributed by atoms with E-state index >= 15 is 0 Å². The van der Waals surface area contributed by atoms with E-state index in [0.29, 0.717) is 12.1 Å². The Morgan fingerprint density at radius 2 is 2.15 bits per heavy atom. The summed E-state index contributed by atoms with van der Waals surface area (Å²) in [7, 11) is 0. The second kappa shape index (κ2) is 5.52. The summed E-state index contributed by atoms with van der Waals surface area (Å²) in [5, 5.41) is 12.2. The number of rotatable bonds is 5. The van der Waals surface area contributed by atoms with Gasteiger partial charge in [-0.3, -0.25) is 5.32 Å². The maximum absolute atomic E-state index is 10.9. The molecule has 1 aromatic rings. The molecule has 0 bridgehead atoms. The monoisotopic (exact) mass is 279 g/mol. The number of hydrogen-bond donors (Lipinski definition) is 2. The van der Waals surface area contributed by atoms with E-state index in [9.17, 15) is 4.79 Å². The molecule has 1 aliphatic heterocycles. The zero-order chi connectivity index (χ0) is 14.9. The smallest absolute Gasteiger partial charge is 0.335 e. The number of carbonyl (C=O) groups is 1. The Morgan fingerprint density at radius 3 is 2.70 bits per heavy atom. The zero-order valence-corrected chi connectivity index (χ0v) is 12.3. The van der Waals surface area contributed by atoms with Crippen molar-refractivity contribution in [3.63, 3.8) is 0 Å². The van der Waals surface area contributed by atoms with Gasteiger partial charge in [-0.15, -0.1) is 0 Å². The second-order valence-corrected chi connectivity index (χ2v) is 5.98. The molecule has 0 radical (unpaired) electrons. The molecule has 5 nitrogen and oxygen atoms in total. The summed E-state index contributed by atoms with van der Waals surface area (Å²) in [6.45, 7) is 8.49. The number of nitrogens with one attached hydrogen (secondary N) is 1. The quantitative estimate of drug-likeness (QED) is 0.809. The molecule has 0 aliphatic carbocycles. The lowest BCUT2D eigenvalue weighted by Gasteiger charge is -2.17. The van der Waals surface area contributed by atoms with Crippen LogP contribution in [0.2, 0.25) is 0 Å². The molecule has 2 atom stereocenters. The first kappa shape index (κ1) is 15.0. The fourth-order valence-corrected chi connectivity index (χ4v) is 1.92. The van der Waals surface area contributed by atoms with Crippen molar-refractivity contribution in [3.05, 3.63) is 34.9 Å². The number of benzene rings is 1. The van der Waals surface area contributed by atoms with Crippen LogP contribution in [-0.4, -0.2) is 29.2 Å². The van der Waals surface area contributed by atoms with Gasteiger partial charge in [-0.25, -0.2) is 4.79 Å². The lowest BCUT2D eigenvalue weighted by molar-refractivity contribution is -0.0571. The molecule has 1 fully saturated rings. The Hall–Kier alpha value is -1.43. The van der Waals surface area contributed by atoms with E-state index in [1.165, 1.54) is 0 Å². The lowest BCUT2D eigenvalue weighted by atomic mass is 10.1. The van der Waals surface area contributed by atoms with Gasteiger partial charge in [0, 0.05) is 6.54 Å². The van der Waals surface area contributed by atoms with E-state index in [2.05, 4.69) is 5.32 Å². The van der Waals surface area contributed by atoms with Crippen LogP contribution in [0.5, 0.6) is 0 Å². The molecule has 0 spiro atoms. The predicted molar refractivity (Wildman–Crippen MR) is 74.5 cm³/mol. The van der Waals surface area contributed by atoms with E-state index in [4.69, 9.17) is 14.6 Å². The Bertz CT molecular complexity index is 507. The van der Waals surface area contributed by atoms with Crippen LogP contribution in [0.15, 0.2) is 18.2 Å². The molecule has 2 rings (SSSR count). The van der Waals surface area contributed by atoms with Crippen molar-refractivity contribution in [2.45, 2.75) is 52.4 Å². The SMILES string of the molecule is Cc1cc(C(=O)O)ccc1CNC1OC1OC(C)(C)C. The predicted octanol–water partition coefficient (Wildman–Crippen LogP) is 2.28. The standard InChI is InChI=1S/C15H21NO4/c1-9-7-10(13(17)18)5-6-11(9)8-16-12-14(19-12)20-15(2,3)4/h5-7,12,14,16H,8H2,1-4H3,(H,17,18). The van der Waals surface area contributed by atoms with Gasteiger partial charge < -0.3 is 14.6 Å². The molecule has 5 heteroatoms. The molecule has 1 aromatic carbocycles. The van der Waals surface area contributed by atoms with Gasteiger partial charge in [0.05, 0.1) is 11.2 Å². The van der Waals surface area contributed by atoms with E-state index in [-0.39, 0.29) is 18.1 Å². The number of aromatic carboxylic acids is 1.